The molecule has 0 bridgehead atoms. The van der Waals surface area contributed by atoms with Gasteiger partial charge in [0.2, 0.25) is 5.91 Å². The summed E-state index contributed by atoms with van der Waals surface area (Å²) < 4.78 is 5.20. The van der Waals surface area contributed by atoms with Crippen LogP contribution < -0.4 is 11.1 Å². The highest BCUT2D eigenvalue weighted by atomic mass is 16.5. The van der Waals surface area contributed by atoms with E-state index in [1.165, 1.54) is 0 Å². The molecule has 5 heteroatoms. The highest BCUT2D eigenvalue weighted by molar-refractivity contribution is 5.86. The number of phenols is 1. The van der Waals surface area contributed by atoms with Crippen LogP contribution in [0.5, 0.6) is 5.75 Å². The first-order valence-electron chi connectivity index (χ1n) is 6.04. The number of carbonyl (C=O) groups is 1. The standard InChI is InChI=1S/C13H18N2O3/c14-13(5-7-18-8-6-13)12(17)15-9-10-3-1-2-4-11(10)16/h1-4,16H,5-9,14H2,(H,15,17). The van der Waals surface area contributed by atoms with Crippen molar-refractivity contribution >= 4 is 5.91 Å². The summed E-state index contributed by atoms with van der Waals surface area (Å²) >= 11 is 0. The molecule has 1 amide bonds. The molecule has 1 fully saturated rings. The Bertz CT molecular complexity index is 428. The molecule has 0 aromatic heterocycles. The van der Waals surface area contributed by atoms with Crippen LogP contribution in [0.15, 0.2) is 24.3 Å². The average Bonchev–Trinajstić information content (AvgIpc) is 2.38. The summed E-state index contributed by atoms with van der Waals surface area (Å²) in [6.45, 7) is 1.31. The van der Waals surface area contributed by atoms with Crippen LogP contribution in [0.1, 0.15) is 18.4 Å². The van der Waals surface area contributed by atoms with Gasteiger partial charge in [-0.25, -0.2) is 0 Å². The van der Waals surface area contributed by atoms with Crippen LogP contribution in [0.25, 0.3) is 0 Å². The van der Waals surface area contributed by atoms with E-state index in [-0.39, 0.29) is 18.2 Å². The fourth-order valence-electron chi connectivity index (χ4n) is 1.97. The van der Waals surface area contributed by atoms with Crippen LogP contribution in [0.2, 0.25) is 0 Å². The minimum atomic E-state index is -0.845. The minimum absolute atomic E-state index is 0.177. The number of amides is 1. The quantitative estimate of drug-likeness (QED) is 0.730. The van der Waals surface area contributed by atoms with Crippen molar-refractivity contribution in [2.75, 3.05) is 13.2 Å². The maximum atomic E-state index is 12.0. The molecule has 0 saturated carbocycles. The van der Waals surface area contributed by atoms with E-state index in [1.807, 2.05) is 6.07 Å². The molecule has 1 aliphatic heterocycles. The average molecular weight is 250 g/mol. The molecule has 0 unspecified atom stereocenters. The number of para-hydroxylation sites is 1. The van der Waals surface area contributed by atoms with E-state index in [0.717, 1.165) is 0 Å². The summed E-state index contributed by atoms with van der Waals surface area (Å²) in [7, 11) is 0. The molecular formula is C13H18N2O3. The van der Waals surface area contributed by atoms with Crippen molar-refractivity contribution in [1.82, 2.24) is 5.32 Å². The number of carbonyl (C=O) groups excluding carboxylic acids is 1. The third-order valence-corrected chi connectivity index (χ3v) is 3.27. The van der Waals surface area contributed by atoms with Crippen molar-refractivity contribution in [2.45, 2.75) is 24.9 Å². The third kappa shape index (κ3) is 2.80. The molecule has 0 atom stereocenters. The molecule has 1 aliphatic rings. The minimum Gasteiger partial charge on any atom is -0.508 e. The van der Waals surface area contributed by atoms with Gasteiger partial charge in [-0.1, -0.05) is 18.2 Å². The van der Waals surface area contributed by atoms with Gasteiger partial charge >= 0.3 is 0 Å². The van der Waals surface area contributed by atoms with Crippen molar-refractivity contribution < 1.29 is 14.6 Å². The lowest BCUT2D eigenvalue weighted by Gasteiger charge is -2.31. The van der Waals surface area contributed by atoms with E-state index in [9.17, 15) is 9.90 Å². The zero-order valence-electron chi connectivity index (χ0n) is 10.2. The Kier molecular flexibility index (Phi) is 3.84. The third-order valence-electron chi connectivity index (χ3n) is 3.27. The number of phenolic OH excluding ortho intramolecular Hbond substituents is 1. The van der Waals surface area contributed by atoms with Crippen LogP contribution in [0, 0.1) is 0 Å². The summed E-state index contributed by atoms with van der Waals surface area (Å²) in [5, 5.41) is 12.4. The first kappa shape index (κ1) is 12.9. The zero-order chi connectivity index (χ0) is 13.0. The van der Waals surface area contributed by atoms with Crippen LogP contribution >= 0.6 is 0 Å². The maximum absolute atomic E-state index is 12.0. The van der Waals surface area contributed by atoms with Crippen LogP contribution in [-0.2, 0) is 16.1 Å². The van der Waals surface area contributed by atoms with Gasteiger partial charge in [-0.2, -0.15) is 0 Å². The van der Waals surface area contributed by atoms with Crippen molar-refractivity contribution in [1.29, 1.82) is 0 Å². The second-order valence-corrected chi connectivity index (χ2v) is 4.58. The molecule has 5 nitrogen and oxygen atoms in total. The Morgan fingerprint density at radius 2 is 2.06 bits per heavy atom. The zero-order valence-corrected chi connectivity index (χ0v) is 10.2. The molecular weight excluding hydrogens is 232 g/mol. The second-order valence-electron chi connectivity index (χ2n) is 4.58. The maximum Gasteiger partial charge on any atom is 0.240 e. The molecule has 1 aromatic carbocycles. The highest BCUT2D eigenvalue weighted by Crippen LogP contribution is 2.19. The van der Waals surface area contributed by atoms with E-state index in [4.69, 9.17) is 10.5 Å². The number of benzene rings is 1. The number of ether oxygens (including phenoxy) is 1. The lowest BCUT2D eigenvalue weighted by Crippen LogP contribution is -2.56. The van der Waals surface area contributed by atoms with E-state index in [2.05, 4.69) is 5.32 Å². The SMILES string of the molecule is NC1(C(=O)NCc2ccccc2O)CCOCC1. The molecule has 0 spiro atoms. The van der Waals surface area contributed by atoms with Gasteiger partial charge in [0.25, 0.3) is 0 Å². The Balaban J connectivity index is 1.94. The summed E-state index contributed by atoms with van der Waals surface area (Å²) in [4.78, 5) is 12.0. The van der Waals surface area contributed by atoms with Crippen molar-refractivity contribution in [3.8, 4) is 5.75 Å². The number of nitrogens with one attached hydrogen (secondary N) is 1. The topological polar surface area (TPSA) is 84.6 Å². The van der Waals surface area contributed by atoms with Crippen molar-refractivity contribution in [3.05, 3.63) is 29.8 Å². The van der Waals surface area contributed by atoms with E-state index >= 15 is 0 Å². The number of nitrogens with two attached hydrogens (primary N) is 1. The highest BCUT2D eigenvalue weighted by Gasteiger charge is 2.35. The van der Waals surface area contributed by atoms with Gasteiger partial charge in [0.05, 0.1) is 5.54 Å². The van der Waals surface area contributed by atoms with Crippen LogP contribution in [-0.4, -0.2) is 29.8 Å². The van der Waals surface area contributed by atoms with Gasteiger partial charge in [0, 0.05) is 25.3 Å². The smallest absolute Gasteiger partial charge is 0.240 e. The van der Waals surface area contributed by atoms with Crippen LogP contribution in [0.4, 0.5) is 0 Å². The Hall–Kier alpha value is -1.59. The molecule has 98 valence electrons. The lowest BCUT2D eigenvalue weighted by molar-refractivity contribution is -0.129. The molecule has 1 aromatic rings. The molecule has 18 heavy (non-hydrogen) atoms. The molecule has 1 saturated heterocycles. The largest absolute Gasteiger partial charge is 0.508 e. The first-order chi connectivity index (χ1) is 8.62. The first-order valence-corrected chi connectivity index (χ1v) is 6.04. The monoisotopic (exact) mass is 250 g/mol. The van der Waals surface area contributed by atoms with E-state index < -0.39 is 5.54 Å². The Morgan fingerprint density at radius 1 is 1.39 bits per heavy atom. The van der Waals surface area contributed by atoms with Gasteiger partial charge in [-0.15, -0.1) is 0 Å². The van der Waals surface area contributed by atoms with Gasteiger partial charge in [-0.3, -0.25) is 4.79 Å². The number of hydrogen-bond acceptors (Lipinski definition) is 4. The van der Waals surface area contributed by atoms with Gasteiger partial charge < -0.3 is 20.9 Å². The summed E-state index contributed by atoms with van der Waals surface area (Å²) in [6, 6.07) is 6.91. The number of rotatable bonds is 3. The number of aromatic hydroxyl groups is 1. The normalized spacial score (nSPS) is 18.3. The fourth-order valence-corrected chi connectivity index (χ4v) is 1.97. The second kappa shape index (κ2) is 5.37. The molecule has 4 N–H and O–H groups in total. The van der Waals surface area contributed by atoms with Crippen molar-refractivity contribution in [3.63, 3.8) is 0 Å². The summed E-state index contributed by atoms with van der Waals surface area (Å²) in [6.07, 6.45) is 1.05. The fraction of sp³-hybridized carbons (Fsp3) is 0.462. The van der Waals surface area contributed by atoms with Gasteiger partial charge in [0.15, 0.2) is 0 Å². The predicted octanol–water partition coefficient (Wildman–Crippen LogP) is 0.516. The summed E-state index contributed by atoms with van der Waals surface area (Å²) in [5.74, 6) is -0.00935. The summed E-state index contributed by atoms with van der Waals surface area (Å²) in [5.41, 5.74) is 5.89. The van der Waals surface area contributed by atoms with E-state index in [1.54, 1.807) is 18.2 Å². The van der Waals surface area contributed by atoms with Crippen molar-refractivity contribution in [2.24, 2.45) is 5.73 Å². The van der Waals surface area contributed by atoms with Crippen LogP contribution in [0.3, 0.4) is 0 Å². The molecule has 2 rings (SSSR count). The Labute approximate surface area is 106 Å². The molecule has 0 radical (unpaired) electrons. The molecule has 1 heterocycles. The van der Waals surface area contributed by atoms with Gasteiger partial charge in [-0.05, 0) is 18.9 Å². The van der Waals surface area contributed by atoms with Gasteiger partial charge in [0.1, 0.15) is 5.75 Å². The predicted molar refractivity (Wildman–Crippen MR) is 66.9 cm³/mol. The lowest BCUT2D eigenvalue weighted by atomic mass is 9.90. The number of hydrogen-bond donors (Lipinski definition) is 3. The van der Waals surface area contributed by atoms with E-state index in [0.29, 0.717) is 31.6 Å². The Morgan fingerprint density at radius 3 is 2.72 bits per heavy atom. The molecule has 0 aliphatic carbocycles.